The van der Waals surface area contributed by atoms with E-state index < -0.39 is 0 Å². The van der Waals surface area contributed by atoms with Crippen molar-refractivity contribution in [3.05, 3.63) is 54.0 Å². The number of furan rings is 1. The van der Waals surface area contributed by atoms with Gasteiger partial charge in [-0.15, -0.1) is 24.0 Å². The zero-order valence-electron chi connectivity index (χ0n) is 15.8. The van der Waals surface area contributed by atoms with Crippen molar-refractivity contribution >= 4 is 35.6 Å². The van der Waals surface area contributed by atoms with Crippen LogP contribution in [0.4, 0.5) is 5.69 Å². The third-order valence-corrected chi connectivity index (χ3v) is 4.93. The molecule has 1 aliphatic rings. The number of para-hydroxylation sites is 1. The number of likely N-dealkylation sites (N-methyl/N-ethyl adjacent to an activating group) is 1. The number of aliphatic imine (C=N–C) groups is 1. The van der Waals surface area contributed by atoms with Crippen LogP contribution >= 0.6 is 24.0 Å². The van der Waals surface area contributed by atoms with Gasteiger partial charge in [-0.25, -0.2) is 0 Å². The van der Waals surface area contributed by atoms with E-state index in [9.17, 15) is 0 Å². The Kier molecular flexibility index (Phi) is 7.96. The van der Waals surface area contributed by atoms with Gasteiger partial charge >= 0.3 is 0 Å². The van der Waals surface area contributed by atoms with Crippen LogP contribution < -0.4 is 10.2 Å². The highest BCUT2D eigenvalue weighted by Gasteiger charge is 2.25. The van der Waals surface area contributed by atoms with Crippen LogP contribution in [-0.2, 0) is 6.42 Å². The number of halogens is 1. The van der Waals surface area contributed by atoms with Crippen molar-refractivity contribution in [2.45, 2.75) is 26.3 Å². The predicted molar refractivity (Wildman–Crippen MR) is 119 cm³/mol. The van der Waals surface area contributed by atoms with Crippen molar-refractivity contribution < 1.29 is 4.42 Å². The molecule has 0 saturated carbocycles. The molecule has 2 heterocycles. The summed E-state index contributed by atoms with van der Waals surface area (Å²) in [6.45, 7) is 8.07. The topological polar surface area (TPSA) is 44.0 Å². The highest BCUT2D eigenvalue weighted by molar-refractivity contribution is 14.0. The largest absolute Gasteiger partial charge is 0.468 e. The van der Waals surface area contributed by atoms with Gasteiger partial charge in [-0.3, -0.25) is 9.89 Å². The van der Waals surface area contributed by atoms with Gasteiger partial charge in [-0.1, -0.05) is 32.0 Å². The highest BCUT2D eigenvalue weighted by atomic mass is 127. The molecule has 2 aromatic rings. The molecule has 6 heteroatoms. The maximum absolute atomic E-state index is 5.69. The quantitative estimate of drug-likeness (QED) is 0.397. The van der Waals surface area contributed by atoms with Gasteiger partial charge in [0.1, 0.15) is 5.76 Å². The molecule has 1 unspecified atom stereocenters. The monoisotopic (exact) mass is 468 g/mol. The molecule has 1 aromatic carbocycles. The molecule has 0 spiro atoms. The van der Waals surface area contributed by atoms with Crippen molar-refractivity contribution in [2.24, 2.45) is 4.99 Å². The van der Waals surface area contributed by atoms with Crippen molar-refractivity contribution in [3.8, 4) is 0 Å². The first-order chi connectivity index (χ1) is 12.3. The van der Waals surface area contributed by atoms with Crippen LogP contribution in [0.3, 0.4) is 0 Å². The lowest BCUT2D eigenvalue weighted by Crippen LogP contribution is -2.45. The number of nitrogens with one attached hydrogen (secondary N) is 1. The summed E-state index contributed by atoms with van der Waals surface area (Å²) in [6, 6.07) is 12.8. The fraction of sp³-hybridized carbons (Fsp3) is 0.450. The normalized spacial score (nSPS) is 14.9. The Morgan fingerprint density at radius 3 is 2.65 bits per heavy atom. The molecule has 1 aliphatic heterocycles. The summed E-state index contributed by atoms with van der Waals surface area (Å²) in [7, 11) is 1.85. The van der Waals surface area contributed by atoms with Crippen LogP contribution in [0.15, 0.2) is 52.1 Å². The second kappa shape index (κ2) is 9.97. The highest BCUT2D eigenvalue weighted by Crippen LogP contribution is 2.27. The van der Waals surface area contributed by atoms with Crippen LogP contribution in [0.2, 0.25) is 0 Å². The Bertz CT molecular complexity index is 698. The lowest BCUT2D eigenvalue weighted by Gasteiger charge is -2.30. The van der Waals surface area contributed by atoms with E-state index in [1.807, 2.05) is 13.1 Å². The third kappa shape index (κ3) is 4.40. The van der Waals surface area contributed by atoms with Crippen molar-refractivity contribution in [3.63, 3.8) is 0 Å². The minimum Gasteiger partial charge on any atom is -0.468 e. The number of anilines is 1. The SMILES string of the molecule is CCN(CC)C(CNC(=NC)N1CCc2ccccc21)c1ccco1.I. The van der Waals surface area contributed by atoms with Crippen LogP contribution in [-0.4, -0.2) is 44.1 Å². The first-order valence-corrected chi connectivity index (χ1v) is 9.12. The molecule has 0 fully saturated rings. The van der Waals surface area contributed by atoms with Gasteiger partial charge in [0.25, 0.3) is 0 Å². The van der Waals surface area contributed by atoms with Crippen LogP contribution in [0.1, 0.15) is 31.2 Å². The van der Waals surface area contributed by atoms with Crippen molar-refractivity contribution in [1.82, 2.24) is 10.2 Å². The van der Waals surface area contributed by atoms with Crippen LogP contribution in [0.25, 0.3) is 0 Å². The second-order valence-electron chi connectivity index (χ2n) is 6.21. The summed E-state index contributed by atoms with van der Waals surface area (Å²) in [5.74, 6) is 1.92. The fourth-order valence-corrected chi connectivity index (χ4v) is 3.60. The van der Waals surface area contributed by atoms with Crippen LogP contribution in [0.5, 0.6) is 0 Å². The summed E-state index contributed by atoms with van der Waals surface area (Å²) in [6.07, 6.45) is 2.81. The molecular weight excluding hydrogens is 439 g/mol. The van der Waals surface area contributed by atoms with Gasteiger partial charge in [-0.2, -0.15) is 0 Å². The standard InChI is InChI=1S/C20H28N4O.HI/c1-4-23(5-2)18(19-11-8-14-25-19)15-22-20(21-3)24-13-12-16-9-6-7-10-17(16)24;/h6-11,14,18H,4-5,12-13,15H2,1-3H3,(H,21,22);1H. The van der Waals surface area contributed by atoms with Gasteiger partial charge in [0.15, 0.2) is 5.96 Å². The number of rotatable bonds is 6. The summed E-state index contributed by atoms with van der Waals surface area (Å²) in [4.78, 5) is 9.19. The second-order valence-corrected chi connectivity index (χ2v) is 6.21. The zero-order valence-corrected chi connectivity index (χ0v) is 18.1. The molecule has 3 rings (SSSR count). The summed E-state index contributed by atoms with van der Waals surface area (Å²) in [5, 5.41) is 3.56. The maximum Gasteiger partial charge on any atom is 0.198 e. The number of nitrogens with zero attached hydrogens (tertiary/aromatic N) is 3. The number of guanidine groups is 1. The molecule has 0 amide bonds. The first-order valence-electron chi connectivity index (χ1n) is 9.12. The predicted octanol–water partition coefficient (Wildman–Crippen LogP) is 3.92. The smallest absolute Gasteiger partial charge is 0.198 e. The summed E-state index contributed by atoms with van der Waals surface area (Å²) >= 11 is 0. The molecule has 0 bridgehead atoms. The number of hydrogen-bond acceptors (Lipinski definition) is 3. The molecule has 142 valence electrons. The number of fused-ring (bicyclic) bond motifs is 1. The third-order valence-electron chi connectivity index (χ3n) is 4.93. The van der Waals surface area contributed by atoms with Gasteiger partial charge in [0.05, 0.1) is 12.3 Å². The first kappa shape index (κ1) is 20.8. The van der Waals surface area contributed by atoms with E-state index in [4.69, 9.17) is 4.42 Å². The van der Waals surface area contributed by atoms with Gasteiger partial charge in [0.2, 0.25) is 0 Å². The molecule has 1 atom stereocenters. The van der Waals surface area contributed by atoms with E-state index in [-0.39, 0.29) is 30.0 Å². The Morgan fingerprint density at radius 1 is 1.23 bits per heavy atom. The van der Waals surface area contributed by atoms with E-state index in [0.717, 1.165) is 44.3 Å². The molecule has 26 heavy (non-hydrogen) atoms. The minimum atomic E-state index is 0. The average molecular weight is 468 g/mol. The van der Waals surface area contributed by atoms with Gasteiger partial charge in [0, 0.05) is 25.8 Å². The lowest BCUT2D eigenvalue weighted by atomic mass is 10.2. The average Bonchev–Trinajstić information content (AvgIpc) is 3.32. The Balaban J connectivity index is 0.00000243. The van der Waals surface area contributed by atoms with Crippen molar-refractivity contribution in [1.29, 1.82) is 0 Å². The van der Waals surface area contributed by atoms with Gasteiger partial charge in [-0.05, 0) is 43.3 Å². The molecule has 0 radical (unpaired) electrons. The number of hydrogen-bond donors (Lipinski definition) is 1. The maximum atomic E-state index is 5.69. The van der Waals surface area contributed by atoms with E-state index >= 15 is 0 Å². The van der Waals surface area contributed by atoms with E-state index in [1.165, 1.54) is 11.3 Å². The van der Waals surface area contributed by atoms with Gasteiger partial charge < -0.3 is 14.6 Å². The molecule has 5 nitrogen and oxygen atoms in total. The van der Waals surface area contributed by atoms with Crippen molar-refractivity contribution in [2.75, 3.05) is 38.1 Å². The molecule has 1 aromatic heterocycles. The molecule has 0 aliphatic carbocycles. The fourth-order valence-electron chi connectivity index (χ4n) is 3.60. The molecular formula is C20H29IN4O. The molecule has 0 saturated heterocycles. The summed E-state index contributed by atoms with van der Waals surface area (Å²) < 4.78 is 5.69. The number of benzene rings is 1. The van der Waals surface area contributed by atoms with E-state index in [1.54, 1.807) is 6.26 Å². The minimum absolute atomic E-state index is 0. The Hall–Kier alpha value is -1.54. The van der Waals surface area contributed by atoms with Crippen LogP contribution in [0, 0.1) is 0 Å². The summed E-state index contributed by atoms with van der Waals surface area (Å²) in [5.41, 5.74) is 2.64. The Morgan fingerprint density at radius 2 is 2.00 bits per heavy atom. The van der Waals surface area contributed by atoms with E-state index in [2.05, 4.69) is 64.3 Å². The molecule has 1 N–H and O–H groups in total. The zero-order chi connectivity index (χ0) is 17.6. The van der Waals surface area contributed by atoms with E-state index in [0.29, 0.717) is 0 Å². The lowest BCUT2D eigenvalue weighted by molar-refractivity contribution is 0.193. The Labute approximate surface area is 173 Å².